The van der Waals surface area contributed by atoms with Gasteiger partial charge in [0.2, 0.25) is 0 Å². The number of hydrogen-bond donors (Lipinski definition) is 2. The molecule has 28 heavy (non-hydrogen) atoms. The van der Waals surface area contributed by atoms with Crippen molar-refractivity contribution in [1.29, 1.82) is 0 Å². The number of carboxylic acid groups (broad SMARTS) is 1. The highest BCUT2D eigenvalue weighted by molar-refractivity contribution is 9.10. The number of phenols is 1. The van der Waals surface area contributed by atoms with Crippen LogP contribution in [0, 0.1) is 0 Å². The Bertz CT molecular complexity index is 1010. The van der Waals surface area contributed by atoms with Crippen molar-refractivity contribution in [2.24, 2.45) is 0 Å². The third-order valence-electron chi connectivity index (χ3n) is 4.30. The predicted molar refractivity (Wildman–Crippen MR) is 105 cm³/mol. The van der Waals surface area contributed by atoms with E-state index in [2.05, 4.69) is 15.9 Å². The molecule has 0 saturated carbocycles. The Hall–Kier alpha value is -3.13. The number of fused-ring (bicyclic) bond motifs is 1. The van der Waals surface area contributed by atoms with Crippen LogP contribution in [0.1, 0.15) is 27.9 Å². The molecule has 0 radical (unpaired) electrons. The number of carboxylic acids is 1. The van der Waals surface area contributed by atoms with Crippen molar-refractivity contribution in [3.8, 4) is 11.5 Å². The number of halogens is 1. The van der Waals surface area contributed by atoms with Crippen molar-refractivity contribution >= 4 is 45.4 Å². The van der Waals surface area contributed by atoms with Crippen LogP contribution in [-0.4, -0.2) is 46.6 Å². The first-order valence-corrected chi connectivity index (χ1v) is 9.08. The number of carbonyl (C=O) groups excluding carboxylic acids is 2. The molecule has 2 N–H and O–H groups in total. The largest absolute Gasteiger partial charge is 0.503 e. The summed E-state index contributed by atoms with van der Waals surface area (Å²) >= 11 is 3.24. The Morgan fingerprint density at radius 3 is 2.50 bits per heavy atom. The molecule has 2 aromatic rings. The normalized spacial score (nSPS) is 14.9. The molecular weight excluding hydrogens is 430 g/mol. The van der Waals surface area contributed by atoms with Crippen LogP contribution in [0.5, 0.6) is 11.5 Å². The number of rotatable bonds is 5. The van der Waals surface area contributed by atoms with Gasteiger partial charge in [-0.05, 0) is 51.3 Å². The highest BCUT2D eigenvalue weighted by atomic mass is 79.9. The van der Waals surface area contributed by atoms with Crippen LogP contribution in [0.4, 0.5) is 0 Å². The van der Waals surface area contributed by atoms with Gasteiger partial charge in [-0.3, -0.25) is 19.3 Å². The molecule has 0 unspecified atom stereocenters. The Kier molecular flexibility index (Phi) is 5.51. The molecule has 0 spiro atoms. The fourth-order valence-electron chi connectivity index (χ4n) is 2.95. The quantitative estimate of drug-likeness (QED) is 0.540. The molecule has 7 nitrogen and oxygen atoms in total. The molecule has 0 atom stereocenters. The average Bonchev–Trinajstić information content (AvgIpc) is 2.67. The fraction of sp³-hybridized carbons (Fsp3) is 0.150. The summed E-state index contributed by atoms with van der Waals surface area (Å²) in [5, 5.41) is 18.9. The van der Waals surface area contributed by atoms with Gasteiger partial charge in [-0.15, -0.1) is 0 Å². The van der Waals surface area contributed by atoms with Gasteiger partial charge in [0.25, 0.3) is 11.8 Å². The van der Waals surface area contributed by atoms with Gasteiger partial charge in [0, 0.05) is 17.7 Å². The highest BCUT2D eigenvalue weighted by Crippen LogP contribution is 2.37. The molecule has 0 bridgehead atoms. The van der Waals surface area contributed by atoms with Crippen LogP contribution in [0.3, 0.4) is 0 Å². The zero-order valence-electron chi connectivity index (χ0n) is 14.8. The minimum atomic E-state index is -1.10. The molecule has 2 aromatic carbocycles. The Labute approximate surface area is 169 Å². The number of benzene rings is 2. The predicted octanol–water partition coefficient (Wildman–Crippen LogP) is 3.16. The summed E-state index contributed by atoms with van der Waals surface area (Å²) in [5.41, 5.74) is 1.60. The molecule has 1 heterocycles. The van der Waals surface area contributed by atoms with Crippen molar-refractivity contribution in [3.05, 3.63) is 57.6 Å². The average molecular weight is 446 g/mol. The van der Waals surface area contributed by atoms with Crippen molar-refractivity contribution < 1.29 is 29.3 Å². The van der Waals surface area contributed by atoms with Crippen LogP contribution >= 0.6 is 15.9 Å². The maximum absolute atomic E-state index is 13.0. The van der Waals surface area contributed by atoms with E-state index in [0.717, 1.165) is 4.90 Å². The molecule has 1 aliphatic heterocycles. The summed E-state index contributed by atoms with van der Waals surface area (Å²) in [6, 6.07) is 9.82. The van der Waals surface area contributed by atoms with Crippen LogP contribution in [-0.2, 0) is 9.59 Å². The summed E-state index contributed by atoms with van der Waals surface area (Å²) < 4.78 is 5.51. The number of carbonyl (C=O) groups is 3. The van der Waals surface area contributed by atoms with E-state index in [1.165, 1.54) is 7.11 Å². The van der Waals surface area contributed by atoms with Gasteiger partial charge in [-0.1, -0.05) is 18.2 Å². The van der Waals surface area contributed by atoms with E-state index in [4.69, 9.17) is 9.84 Å². The maximum atomic E-state index is 13.0. The number of hydrogen-bond acceptors (Lipinski definition) is 5. The SMILES string of the molecule is COc1cc(/C=C2/C(=O)N(CCC(=O)O)C(=O)c3ccccc32)cc(Br)c1O. The summed E-state index contributed by atoms with van der Waals surface area (Å²) in [4.78, 5) is 37.5. The molecule has 8 heteroatoms. The lowest BCUT2D eigenvalue weighted by Gasteiger charge is -2.28. The zero-order chi connectivity index (χ0) is 20.4. The number of phenolic OH excluding ortho intramolecular Hbond substituents is 1. The van der Waals surface area contributed by atoms with E-state index in [0.29, 0.717) is 21.2 Å². The van der Waals surface area contributed by atoms with Gasteiger partial charge < -0.3 is 14.9 Å². The summed E-state index contributed by atoms with van der Waals surface area (Å²) in [7, 11) is 1.41. The first-order valence-electron chi connectivity index (χ1n) is 8.29. The van der Waals surface area contributed by atoms with E-state index in [1.54, 1.807) is 42.5 Å². The number of amides is 2. The van der Waals surface area contributed by atoms with Crippen LogP contribution in [0.25, 0.3) is 11.6 Å². The van der Waals surface area contributed by atoms with Crippen molar-refractivity contribution in [2.45, 2.75) is 6.42 Å². The molecule has 1 aliphatic rings. The third-order valence-corrected chi connectivity index (χ3v) is 4.90. The third kappa shape index (κ3) is 3.63. The van der Waals surface area contributed by atoms with E-state index in [1.807, 2.05) is 0 Å². The van der Waals surface area contributed by atoms with E-state index >= 15 is 0 Å². The second-order valence-electron chi connectivity index (χ2n) is 6.06. The monoisotopic (exact) mass is 445 g/mol. The number of aliphatic carboxylic acids is 1. The number of imide groups is 1. The maximum Gasteiger partial charge on any atom is 0.305 e. The summed E-state index contributed by atoms with van der Waals surface area (Å²) in [5.74, 6) is -2.05. The van der Waals surface area contributed by atoms with Gasteiger partial charge in [0.05, 0.1) is 18.0 Å². The van der Waals surface area contributed by atoms with Gasteiger partial charge in [-0.2, -0.15) is 0 Å². The smallest absolute Gasteiger partial charge is 0.305 e. The first kappa shape index (κ1) is 19.6. The number of aromatic hydroxyl groups is 1. The summed E-state index contributed by atoms with van der Waals surface area (Å²) in [6.45, 7) is -0.221. The molecule has 0 aliphatic carbocycles. The molecular formula is C20H16BrNO6. The Morgan fingerprint density at radius 1 is 1.18 bits per heavy atom. The molecule has 2 amide bonds. The summed E-state index contributed by atoms with van der Waals surface area (Å²) in [6.07, 6.45) is 1.24. The van der Waals surface area contributed by atoms with Crippen molar-refractivity contribution in [3.63, 3.8) is 0 Å². The molecule has 3 rings (SSSR count). The standard InChI is InChI=1S/C20H16BrNO6/c1-28-16-10-11(9-15(21)18(16)25)8-14-12-4-2-3-5-13(12)19(26)22(20(14)27)7-6-17(23)24/h2-5,8-10,25H,6-7H2,1H3,(H,23,24)/b14-8+. The number of nitrogens with zero attached hydrogens (tertiary/aromatic N) is 1. The lowest BCUT2D eigenvalue weighted by molar-refractivity contribution is -0.137. The number of ether oxygens (including phenoxy) is 1. The van der Waals surface area contributed by atoms with Gasteiger partial charge in [0.1, 0.15) is 0 Å². The number of methoxy groups -OCH3 is 1. The van der Waals surface area contributed by atoms with Crippen LogP contribution in [0.2, 0.25) is 0 Å². The Balaban J connectivity index is 2.13. The molecule has 0 saturated heterocycles. The van der Waals surface area contributed by atoms with Gasteiger partial charge >= 0.3 is 5.97 Å². The minimum Gasteiger partial charge on any atom is -0.503 e. The van der Waals surface area contributed by atoms with Gasteiger partial charge in [-0.25, -0.2) is 0 Å². The van der Waals surface area contributed by atoms with Crippen LogP contribution in [0.15, 0.2) is 40.9 Å². The van der Waals surface area contributed by atoms with Crippen LogP contribution < -0.4 is 4.74 Å². The zero-order valence-corrected chi connectivity index (χ0v) is 16.4. The molecule has 0 fully saturated rings. The molecule has 0 aromatic heterocycles. The lowest BCUT2D eigenvalue weighted by Crippen LogP contribution is -2.42. The minimum absolute atomic E-state index is 0.0710. The Morgan fingerprint density at radius 2 is 1.86 bits per heavy atom. The second kappa shape index (κ2) is 7.85. The molecule has 144 valence electrons. The van der Waals surface area contributed by atoms with E-state index < -0.39 is 17.8 Å². The van der Waals surface area contributed by atoms with Crippen molar-refractivity contribution in [2.75, 3.05) is 13.7 Å². The first-order chi connectivity index (χ1) is 13.3. The fourth-order valence-corrected chi connectivity index (χ4v) is 3.41. The topological polar surface area (TPSA) is 104 Å². The lowest BCUT2D eigenvalue weighted by atomic mass is 9.92. The van der Waals surface area contributed by atoms with E-state index in [9.17, 15) is 19.5 Å². The van der Waals surface area contributed by atoms with Crippen molar-refractivity contribution in [1.82, 2.24) is 4.90 Å². The second-order valence-corrected chi connectivity index (χ2v) is 6.92. The van der Waals surface area contributed by atoms with E-state index in [-0.39, 0.29) is 30.0 Å². The van der Waals surface area contributed by atoms with Gasteiger partial charge in [0.15, 0.2) is 11.5 Å². The highest BCUT2D eigenvalue weighted by Gasteiger charge is 2.34.